The van der Waals surface area contributed by atoms with Gasteiger partial charge in [0.15, 0.2) is 0 Å². The van der Waals surface area contributed by atoms with Crippen LogP contribution in [0.25, 0.3) is 0 Å². The van der Waals surface area contributed by atoms with Crippen LogP contribution in [0.5, 0.6) is 0 Å². The summed E-state index contributed by atoms with van der Waals surface area (Å²) >= 11 is 13.8. The van der Waals surface area contributed by atoms with Gasteiger partial charge in [0.25, 0.3) is 5.91 Å². The van der Waals surface area contributed by atoms with Crippen LogP contribution < -0.4 is 10.6 Å². The molecule has 176 valence electrons. The molecule has 0 fully saturated rings. The second kappa shape index (κ2) is 11.5. The average Bonchev–Trinajstić information content (AvgIpc) is 2.86. The lowest BCUT2D eigenvalue weighted by atomic mass is 10.1. The standard InChI is InChI=1S/C28H22Cl2N2O2S/c1-18-13-15-20(16-14-18)27(33)31-21-9-5-10-22(17-21)35-26(19-7-3-2-4-8-19)28(34)32-24-12-6-11-23(29)25(24)30/h2-17,26H,1H3,(H,31,33)(H,32,34). The van der Waals surface area contributed by atoms with E-state index in [1.54, 1.807) is 30.3 Å². The molecule has 7 heteroatoms. The largest absolute Gasteiger partial charge is 0.323 e. The Morgan fingerprint density at radius 2 is 1.51 bits per heavy atom. The van der Waals surface area contributed by atoms with Gasteiger partial charge in [-0.15, -0.1) is 11.8 Å². The van der Waals surface area contributed by atoms with E-state index in [-0.39, 0.29) is 11.8 Å². The predicted octanol–water partition coefficient (Wildman–Crippen LogP) is 8.03. The molecule has 35 heavy (non-hydrogen) atoms. The molecule has 4 rings (SSSR count). The summed E-state index contributed by atoms with van der Waals surface area (Å²) in [5.41, 5.74) is 3.59. The summed E-state index contributed by atoms with van der Waals surface area (Å²) in [6, 6.07) is 29.4. The van der Waals surface area contributed by atoms with Crippen LogP contribution in [0.3, 0.4) is 0 Å². The zero-order valence-corrected chi connectivity index (χ0v) is 21.1. The van der Waals surface area contributed by atoms with Crippen molar-refractivity contribution in [2.24, 2.45) is 0 Å². The number of carbonyl (C=O) groups is 2. The Hall–Kier alpha value is -3.25. The van der Waals surface area contributed by atoms with Crippen molar-refractivity contribution in [3.05, 3.63) is 124 Å². The number of carbonyl (C=O) groups excluding carboxylic acids is 2. The van der Waals surface area contributed by atoms with E-state index in [4.69, 9.17) is 23.2 Å². The van der Waals surface area contributed by atoms with Crippen LogP contribution in [0.2, 0.25) is 10.0 Å². The third-order valence-corrected chi connectivity index (χ3v) is 7.28. The quantitative estimate of drug-likeness (QED) is 0.242. The molecular weight excluding hydrogens is 499 g/mol. The van der Waals surface area contributed by atoms with Crippen LogP contribution in [-0.2, 0) is 4.79 Å². The SMILES string of the molecule is Cc1ccc(C(=O)Nc2cccc(SC(C(=O)Nc3cccc(Cl)c3Cl)c3ccccc3)c2)cc1. The number of amides is 2. The van der Waals surface area contributed by atoms with Gasteiger partial charge in [0.05, 0.1) is 15.7 Å². The van der Waals surface area contributed by atoms with Gasteiger partial charge in [-0.05, 0) is 55.0 Å². The molecule has 1 atom stereocenters. The molecule has 0 aliphatic rings. The minimum absolute atomic E-state index is 0.194. The van der Waals surface area contributed by atoms with Crippen LogP contribution in [0.15, 0.2) is 102 Å². The molecule has 0 aliphatic carbocycles. The van der Waals surface area contributed by atoms with Crippen molar-refractivity contribution in [3.8, 4) is 0 Å². The van der Waals surface area contributed by atoms with Gasteiger partial charge in [-0.3, -0.25) is 9.59 Å². The number of benzene rings is 4. The summed E-state index contributed by atoms with van der Waals surface area (Å²) in [5, 5.41) is 5.92. The molecule has 0 bridgehead atoms. The van der Waals surface area contributed by atoms with Gasteiger partial charge in [0.1, 0.15) is 5.25 Å². The van der Waals surface area contributed by atoms with E-state index in [9.17, 15) is 9.59 Å². The molecule has 2 amide bonds. The first-order chi connectivity index (χ1) is 16.9. The Morgan fingerprint density at radius 1 is 0.800 bits per heavy atom. The number of aryl methyl sites for hydroxylation is 1. The summed E-state index contributed by atoms with van der Waals surface area (Å²) < 4.78 is 0. The van der Waals surface area contributed by atoms with Gasteiger partial charge >= 0.3 is 0 Å². The minimum atomic E-state index is -0.561. The maximum atomic E-state index is 13.4. The number of thioether (sulfide) groups is 1. The molecule has 0 saturated heterocycles. The predicted molar refractivity (Wildman–Crippen MR) is 146 cm³/mol. The van der Waals surface area contributed by atoms with E-state index in [1.165, 1.54) is 11.8 Å². The third-order valence-electron chi connectivity index (χ3n) is 5.21. The number of anilines is 2. The second-order valence-corrected chi connectivity index (χ2v) is 9.81. The monoisotopic (exact) mass is 520 g/mol. The lowest BCUT2D eigenvalue weighted by molar-refractivity contribution is -0.115. The van der Waals surface area contributed by atoms with E-state index < -0.39 is 5.25 Å². The van der Waals surface area contributed by atoms with E-state index in [2.05, 4.69) is 10.6 Å². The summed E-state index contributed by atoms with van der Waals surface area (Å²) in [5.74, 6) is -0.431. The molecule has 4 aromatic carbocycles. The number of hydrogen-bond donors (Lipinski definition) is 2. The fraction of sp³-hybridized carbons (Fsp3) is 0.0714. The van der Waals surface area contributed by atoms with E-state index in [0.29, 0.717) is 27.0 Å². The first-order valence-electron chi connectivity index (χ1n) is 10.9. The second-order valence-electron chi connectivity index (χ2n) is 7.85. The highest BCUT2D eigenvalue weighted by Crippen LogP contribution is 2.38. The van der Waals surface area contributed by atoms with Gasteiger partial charge < -0.3 is 10.6 Å². The molecule has 0 heterocycles. The summed E-state index contributed by atoms with van der Waals surface area (Å²) in [7, 11) is 0. The zero-order valence-electron chi connectivity index (χ0n) is 18.8. The van der Waals surface area contributed by atoms with Crippen molar-refractivity contribution in [2.75, 3.05) is 10.6 Å². The third kappa shape index (κ3) is 6.45. The summed E-state index contributed by atoms with van der Waals surface area (Å²) in [4.78, 5) is 26.8. The fourth-order valence-corrected chi connectivity index (χ4v) is 4.82. The van der Waals surface area contributed by atoms with Crippen LogP contribution in [-0.4, -0.2) is 11.8 Å². The van der Waals surface area contributed by atoms with Crippen LogP contribution in [0.1, 0.15) is 26.7 Å². The Balaban J connectivity index is 1.55. The van der Waals surface area contributed by atoms with Crippen molar-refractivity contribution in [2.45, 2.75) is 17.1 Å². The number of rotatable bonds is 7. The van der Waals surface area contributed by atoms with Crippen molar-refractivity contribution >= 4 is 58.2 Å². The highest BCUT2D eigenvalue weighted by molar-refractivity contribution is 8.00. The molecule has 0 saturated carbocycles. The molecule has 0 aromatic heterocycles. The van der Waals surface area contributed by atoms with E-state index >= 15 is 0 Å². The first kappa shape index (κ1) is 24.9. The summed E-state index contributed by atoms with van der Waals surface area (Å²) in [6.07, 6.45) is 0. The molecule has 1 unspecified atom stereocenters. The van der Waals surface area contributed by atoms with Gasteiger partial charge in [0, 0.05) is 16.1 Å². The van der Waals surface area contributed by atoms with E-state index in [1.807, 2.05) is 73.7 Å². The maximum Gasteiger partial charge on any atom is 0.255 e. The number of halogens is 2. The topological polar surface area (TPSA) is 58.2 Å². The number of hydrogen-bond acceptors (Lipinski definition) is 3. The number of nitrogens with one attached hydrogen (secondary N) is 2. The average molecular weight is 521 g/mol. The van der Waals surface area contributed by atoms with E-state index in [0.717, 1.165) is 16.0 Å². The highest BCUT2D eigenvalue weighted by Gasteiger charge is 2.23. The maximum absolute atomic E-state index is 13.4. The van der Waals surface area contributed by atoms with Crippen LogP contribution >= 0.6 is 35.0 Å². The summed E-state index contributed by atoms with van der Waals surface area (Å²) in [6.45, 7) is 1.97. The molecule has 0 aliphatic heterocycles. The highest BCUT2D eigenvalue weighted by atomic mass is 35.5. The Kier molecular flexibility index (Phi) is 8.13. The molecule has 2 N–H and O–H groups in total. The van der Waals surface area contributed by atoms with Gasteiger partial charge in [-0.25, -0.2) is 0 Å². The Morgan fingerprint density at radius 3 is 2.26 bits per heavy atom. The first-order valence-corrected chi connectivity index (χ1v) is 12.5. The zero-order chi connectivity index (χ0) is 24.8. The molecule has 0 radical (unpaired) electrons. The van der Waals surface area contributed by atoms with Crippen molar-refractivity contribution in [1.82, 2.24) is 0 Å². The molecule has 0 spiro atoms. The molecule has 4 aromatic rings. The molecular formula is C28H22Cl2N2O2S. The van der Waals surface area contributed by atoms with Crippen LogP contribution in [0, 0.1) is 6.92 Å². The van der Waals surface area contributed by atoms with Gasteiger partial charge in [-0.2, -0.15) is 0 Å². The fourth-order valence-electron chi connectivity index (χ4n) is 3.39. The molecule has 4 nitrogen and oxygen atoms in total. The van der Waals surface area contributed by atoms with Gasteiger partial charge in [0.2, 0.25) is 5.91 Å². The van der Waals surface area contributed by atoms with Crippen LogP contribution in [0.4, 0.5) is 11.4 Å². The lowest BCUT2D eigenvalue weighted by Crippen LogP contribution is -2.19. The lowest BCUT2D eigenvalue weighted by Gasteiger charge is -2.18. The van der Waals surface area contributed by atoms with Crippen molar-refractivity contribution < 1.29 is 9.59 Å². The van der Waals surface area contributed by atoms with Crippen molar-refractivity contribution in [3.63, 3.8) is 0 Å². The smallest absolute Gasteiger partial charge is 0.255 e. The Bertz CT molecular complexity index is 1340. The minimum Gasteiger partial charge on any atom is -0.323 e. The normalized spacial score (nSPS) is 11.5. The Labute approximate surface area is 218 Å². The van der Waals surface area contributed by atoms with Gasteiger partial charge in [-0.1, -0.05) is 83.4 Å². The van der Waals surface area contributed by atoms with Crippen molar-refractivity contribution in [1.29, 1.82) is 0 Å².